The van der Waals surface area contributed by atoms with Gasteiger partial charge in [-0.05, 0) is 30.3 Å². The lowest BCUT2D eigenvalue weighted by Gasteiger charge is -2.14. The summed E-state index contributed by atoms with van der Waals surface area (Å²) < 4.78 is 5.44. The Kier molecular flexibility index (Phi) is 4.14. The molecule has 120 valence electrons. The third-order valence-electron chi connectivity index (χ3n) is 3.46. The zero-order chi connectivity index (χ0) is 17.1. The second-order valence-electron chi connectivity index (χ2n) is 5.00. The molecule has 0 bridgehead atoms. The van der Waals surface area contributed by atoms with Crippen LogP contribution in [0.3, 0.4) is 0 Å². The Balaban J connectivity index is 1.56. The van der Waals surface area contributed by atoms with Crippen LogP contribution in [0.5, 0.6) is 5.75 Å². The number of nitrogens with zero attached hydrogens (tertiary/aromatic N) is 2. The Morgan fingerprint density at radius 1 is 1.04 bits per heavy atom. The highest BCUT2D eigenvalue weighted by Gasteiger charge is 2.36. The quantitative estimate of drug-likeness (QED) is 0.510. The van der Waals surface area contributed by atoms with Crippen LogP contribution in [0.1, 0.15) is 26.3 Å². The van der Waals surface area contributed by atoms with Crippen molar-refractivity contribution >= 4 is 17.5 Å². The topological polar surface area (TPSA) is 106 Å². The molecule has 0 atom stereocenters. The molecule has 1 aliphatic heterocycles. The summed E-state index contributed by atoms with van der Waals surface area (Å²) in [5, 5.41) is 9.51. The molecule has 2 aromatic carbocycles. The molecule has 0 radical (unpaired) electrons. The fourth-order valence-corrected chi connectivity index (χ4v) is 2.31. The Morgan fingerprint density at radius 2 is 1.71 bits per heavy atom. The van der Waals surface area contributed by atoms with Gasteiger partial charge in [-0.15, -0.1) is 5.06 Å². The molecule has 0 aromatic heterocycles. The standard InChI is InChI=1S/C17H13N3O4/c18-10-11-5-6-15(14(19)9-11)23-7-8-24-20-16(21)12-3-1-2-4-13(12)17(20)22/h1-6,9H,7-8,19H2. The number of nitrogens with two attached hydrogens (primary N) is 1. The van der Waals surface area contributed by atoms with Crippen LogP contribution in [-0.4, -0.2) is 30.1 Å². The molecule has 1 aliphatic rings. The number of imide groups is 1. The van der Waals surface area contributed by atoms with Crippen molar-refractivity contribution in [2.24, 2.45) is 0 Å². The monoisotopic (exact) mass is 323 g/mol. The molecule has 24 heavy (non-hydrogen) atoms. The first-order chi connectivity index (χ1) is 11.6. The van der Waals surface area contributed by atoms with Gasteiger partial charge < -0.3 is 10.5 Å². The number of fused-ring (bicyclic) bond motifs is 1. The number of hydrogen-bond donors (Lipinski definition) is 1. The van der Waals surface area contributed by atoms with Gasteiger partial charge in [0.1, 0.15) is 19.0 Å². The summed E-state index contributed by atoms with van der Waals surface area (Å²) in [6.45, 7) is 0.0778. The van der Waals surface area contributed by atoms with Crippen molar-refractivity contribution in [3.05, 3.63) is 59.2 Å². The van der Waals surface area contributed by atoms with Crippen molar-refractivity contribution in [1.82, 2.24) is 5.06 Å². The zero-order valence-corrected chi connectivity index (χ0v) is 12.6. The van der Waals surface area contributed by atoms with E-state index in [1.165, 1.54) is 6.07 Å². The SMILES string of the molecule is N#Cc1ccc(OCCON2C(=O)c3ccccc3C2=O)c(N)c1. The predicted molar refractivity (Wildman–Crippen MR) is 84.0 cm³/mol. The van der Waals surface area contributed by atoms with Gasteiger partial charge in [-0.1, -0.05) is 12.1 Å². The zero-order valence-electron chi connectivity index (χ0n) is 12.6. The van der Waals surface area contributed by atoms with E-state index in [9.17, 15) is 9.59 Å². The molecular weight excluding hydrogens is 310 g/mol. The number of rotatable bonds is 5. The number of nitrogen functional groups attached to an aromatic ring is 1. The third kappa shape index (κ3) is 2.78. The highest BCUT2D eigenvalue weighted by atomic mass is 16.7. The average Bonchev–Trinajstić information content (AvgIpc) is 2.84. The molecule has 0 aliphatic carbocycles. The number of carbonyl (C=O) groups excluding carboxylic acids is 2. The van der Waals surface area contributed by atoms with E-state index in [-0.39, 0.29) is 13.2 Å². The van der Waals surface area contributed by atoms with Crippen molar-refractivity contribution in [1.29, 1.82) is 5.26 Å². The fraction of sp³-hybridized carbons (Fsp3) is 0.118. The molecule has 0 fully saturated rings. The minimum absolute atomic E-state index is 0.00902. The highest BCUT2D eigenvalue weighted by Crippen LogP contribution is 2.24. The molecule has 0 saturated carbocycles. The highest BCUT2D eigenvalue weighted by molar-refractivity contribution is 6.20. The van der Waals surface area contributed by atoms with Crippen molar-refractivity contribution in [3.63, 3.8) is 0 Å². The number of hydroxylamine groups is 2. The van der Waals surface area contributed by atoms with Crippen LogP contribution < -0.4 is 10.5 Å². The molecule has 0 saturated heterocycles. The van der Waals surface area contributed by atoms with Gasteiger partial charge in [-0.2, -0.15) is 5.26 Å². The number of benzene rings is 2. The van der Waals surface area contributed by atoms with Crippen LogP contribution in [0.4, 0.5) is 5.69 Å². The van der Waals surface area contributed by atoms with E-state index in [0.717, 1.165) is 5.06 Å². The van der Waals surface area contributed by atoms with E-state index < -0.39 is 11.8 Å². The average molecular weight is 323 g/mol. The molecule has 0 unspecified atom stereocenters. The summed E-state index contributed by atoms with van der Waals surface area (Å²) in [5.41, 5.74) is 7.17. The first-order valence-electron chi connectivity index (χ1n) is 7.15. The van der Waals surface area contributed by atoms with Crippen molar-refractivity contribution in [2.75, 3.05) is 18.9 Å². The normalized spacial score (nSPS) is 12.9. The molecule has 0 spiro atoms. The maximum atomic E-state index is 12.1. The summed E-state index contributed by atoms with van der Waals surface area (Å²) in [6, 6.07) is 13.2. The largest absolute Gasteiger partial charge is 0.489 e. The van der Waals surface area contributed by atoms with Crippen LogP contribution in [0.2, 0.25) is 0 Å². The maximum Gasteiger partial charge on any atom is 0.285 e. The van der Waals surface area contributed by atoms with Crippen LogP contribution >= 0.6 is 0 Å². The van der Waals surface area contributed by atoms with Gasteiger partial charge in [0.05, 0.1) is 28.4 Å². The molecule has 1 heterocycles. The van der Waals surface area contributed by atoms with E-state index >= 15 is 0 Å². The van der Waals surface area contributed by atoms with Crippen molar-refractivity contribution in [2.45, 2.75) is 0 Å². The molecule has 2 aromatic rings. The van der Waals surface area contributed by atoms with Gasteiger partial charge in [-0.25, -0.2) is 0 Å². The Bertz CT molecular complexity index is 822. The van der Waals surface area contributed by atoms with Gasteiger partial charge in [-0.3, -0.25) is 14.4 Å². The minimum atomic E-state index is -0.492. The number of carbonyl (C=O) groups is 2. The van der Waals surface area contributed by atoms with E-state index in [0.29, 0.717) is 28.1 Å². The van der Waals surface area contributed by atoms with E-state index in [2.05, 4.69) is 0 Å². The van der Waals surface area contributed by atoms with Crippen LogP contribution in [0.15, 0.2) is 42.5 Å². The maximum absolute atomic E-state index is 12.1. The number of anilines is 1. The molecule has 2 N–H and O–H groups in total. The summed E-state index contributed by atoms with van der Waals surface area (Å²) >= 11 is 0. The molecule has 2 amide bonds. The predicted octanol–water partition coefficient (Wildman–Crippen LogP) is 1.75. The van der Waals surface area contributed by atoms with Gasteiger partial charge in [0.15, 0.2) is 0 Å². The van der Waals surface area contributed by atoms with E-state index in [1.54, 1.807) is 36.4 Å². The molecule has 7 heteroatoms. The van der Waals surface area contributed by atoms with Gasteiger partial charge in [0.25, 0.3) is 11.8 Å². The van der Waals surface area contributed by atoms with Gasteiger partial charge in [0.2, 0.25) is 0 Å². The first kappa shape index (κ1) is 15.5. The lowest BCUT2D eigenvalue weighted by atomic mass is 10.1. The number of hydrogen-bond acceptors (Lipinski definition) is 6. The lowest BCUT2D eigenvalue weighted by Crippen LogP contribution is -2.31. The van der Waals surface area contributed by atoms with Crippen LogP contribution in [0, 0.1) is 11.3 Å². The lowest BCUT2D eigenvalue weighted by molar-refractivity contribution is -0.0975. The van der Waals surface area contributed by atoms with E-state index in [4.69, 9.17) is 20.6 Å². The third-order valence-corrected chi connectivity index (χ3v) is 3.46. The van der Waals surface area contributed by atoms with Gasteiger partial charge in [0, 0.05) is 0 Å². The second-order valence-corrected chi connectivity index (χ2v) is 5.00. The summed E-state index contributed by atoms with van der Waals surface area (Å²) in [4.78, 5) is 29.4. The Morgan fingerprint density at radius 3 is 2.29 bits per heavy atom. The summed E-state index contributed by atoms with van der Waals surface area (Å²) in [7, 11) is 0. The minimum Gasteiger partial charge on any atom is -0.489 e. The first-order valence-corrected chi connectivity index (χ1v) is 7.15. The number of ether oxygens (including phenoxy) is 1. The Hall–Kier alpha value is -3.37. The summed E-state index contributed by atoms with van der Waals surface area (Å²) in [6.07, 6.45) is 0. The molecule has 3 rings (SSSR count). The molecular formula is C17H13N3O4. The Labute approximate surface area is 137 Å². The van der Waals surface area contributed by atoms with Crippen molar-refractivity contribution < 1.29 is 19.2 Å². The van der Waals surface area contributed by atoms with Crippen molar-refractivity contribution in [3.8, 4) is 11.8 Å². The van der Waals surface area contributed by atoms with Crippen LogP contribution in [-0.2, 0) is 4.84 Å². The second kappa shape index (κ2) is 6.40. The summed E-state index contributed by atoms with van der Waals surface area (Å²) in [5.74, 6) is -0.582. The fourth-order valence-electron chi connectivity index (χ4n) is 2.31. The number of amides is 2. The molecule has 7 nitrogen and oxygen atoms in total. The van der Waals surface area contributed by atoms with E-state index in [1.807, 2.05) is 6.07 Å². The smallest absolute Gasteiger partial charge is 0.285 e. The van der Waals surface area contributed by atoms with Gasteiger partial charge >= 0.3 is 0 Å². The van der Waals surface area contributed by atoms with Crippen LogP contribution in [0.25, 0.3) is 0 Å². The number of nitriles is 1.